The van der Waals surface area contributed by atoms with Gasteiger partial charge in [-0.25, -0.2) is 4.98 Å². The second kappa shape index (κ2) is 8.72. The van der Waals surface area contributed by atoms with Crippen LogP contribution in [0.1, 0.15) is 28.2 Å². The summed E-state index contributed by atoms with van der Waals surface area (Å²) in [6, 6.07) is 9.91. The molecule has 7 nitrogen and oxygen atoms in total. The molecule has 0 saturated heterocycles. The van der Waals surface area contributed by atoms with Crippen molar-refractivity contribution >= 4 is 5.69 Å². The minimum Gasteiger partial charge on any atom is -0.364 e. The molecular weight excluding hydrogens is 350 g/mol. The zero-order chi connectivity index (χ0) is 20.1. The number of imidazole rings is 1. The molecule has 2 aromatic heterocycles. The van der Waals surface area contributed by atoms with Crippen molar-refractivity contribution in [2.75, 3.05) is 18.0 Å². The van der Waals surface area contributed by atoms with Gasteiger partial charge in [-0.3, -0.25) is 4.68 Å². The van der Waals surface area contributed by atoms with Crippen LogP contribution in [0.25, 0.3) is 0 Å². The summed E-state index contributed by atoms with van der Waals surface area (Å²) in [6.45, 7) is 7.40. The van der Waals surface area contributed by atoms with Crippen LogP contribution in [0.5, 0.6) is 0 Å². The van der Waals surface area contributed by atoms with Gasteiger partial charge in [-0.2, -0.15) is 10.4 Å². The summed E-state index contributed by atoms with van der Waals surface area (Å²) in [5.41, 5.74) is 6.44. The lowest BCUT2D eigenvalue weighted by molar-refractivity contribution is 0.644. The topological polar surface area (TPSA) is 74.7 Å². The van der Waals surface area contributed by atoms with Gasteiger partial charge in [0.15, 0.2) is 0 Å². The summed E-state index contributed by atoms with van der Waals surface area (Å²) < 4.78 is 3.96. The molecule has 0 spiro atoms. The van der Waals surface area contributed by atoms with Crippen molar-refractivity contribution in [1.82, 2.24) is 24.6 Å². The van der Waals surface area contributed by atoms with Gasteiger partial charge in [0.25, 0.3) is 0 Å². The van der Waals surface area contributed by atoms with E-state index < -0.39 is 0 Å². The van der Waals surface area contributed by atoms with Crippen molar-refractivity contribution in [1.29, 1.82) is 5.26 Å². The van der Waals surface area contributed by atoms with Crippen molar-refractivity contribution in [3.8, 4) is 6.07 Å². The first-order chi connectivity index (χ1) is 13.5. The summed E-state index contributed by atoms with van der Waals surface area (Å²) in [5, 5.41) is 17.1. The van der Waals surface area contributed by atoms with Crippen molar-refractivity contribution < 1.29 is 0 Å². The summed E-state index contributed by atoms with van der Waals surface area (Å²) in [5.74, 6) is 0. The van der Waals surface area contributed by atoms with Crippen molar-refractivity contribution in [2.24, 2.45) is 14.1 Å². The van der Waals surface area contributed by atoms with Gasteiger partial charge in [-0.1, -0.05) is 0 Å². The Bertz CT molecular complexity index is 960. The van der Waals surface area contributed by atoms with Gasteiger partial charge in [0, 0.05) is 56.9 Å². The van der Waals surface area contributed by atoms with Crippen LogP contribution in [-0.2, 0) is 27.2 Å². The third-order valence-electron chi connectivity index (χ3n) is 5.15. The fourth-order valence-electron chi connectivity index (χ4n) is 3.28. The van der Waals surface area contributed by atoms with Crippen LogP contribution in [-0.4, -0.2) is 32.4 Å². The lowest BCUT2D eigenvalue weighted by atomic mass is 10.2. The Morgan fingerprint density at radius 3 is 2.50 bits per heavy atom. The Morgan fingerprint density at radius 1 is 1.18 bits per heavy atom. The van der Waals surface area contributed by atoms with Crippen LogP contribution in [0, 0.1) is 25.2 Å². The maximum Gasteiger partial charge on any atom is 0.0991 e. The number of anilines is 1. The maximum absolute atomic E-state index is 9.05. The standard InChI is InChI=1S/C21H27N7/c1-16-21(17(2)27(4)25-16)13-23-9-10-28(14-20-12-24-15-26(20)3)19-7-5-18(11-22)6-8-19/h5-8,12,15,23H,9-10,13-14H2,1-4H3. The predicted molar refractivity (Wildman–Crippen MR) is 110 cm³/mol. The Hall–Kier alpha value is -3.11. The third-order valence-corrected chi connectivity index (χ3v) is 5.15. The van der Waals surface area contributed by atoms with Gasteiger partial charge in [-0.15, -0.1) is 0 Å². The van der Waals surface area contributed by atoms with E-state index in [0.717, 1.165) is 43.3 Å². The van der Waals surface area contributed by atoms with Crippen molar-refractivity contribution in [3.05, 3.63) is 65.0 Å². The molecule has 0 amide bonds. The molecule has 0 radical (unpaired) electrons. The quantitative estimate of drug-likeness (QED) is 0.610. The molecule has 7 heteroatoms. The largest absolute Gasteiger partial charge is 0.364 e. The fraction of sp³-hybridized carbons (Fsp3) is 0.381. The molecule has 1 aromatic carbocycles. The van der Waals surface area contributed by atoms with Gasteiger partial charge in [0.2, 0.25) is 0 Å². The summed E-state index contributed by atoms with van der Waals surface area (Å²) in [7, 11) is 3.98. The molecule has 0 bridgehead atoms. The highest BCUT2D eigenvalue weighted by atomic mass is 15.3. The van der Waals surface area contributed by atoms with E-state index in [0.29, 0.717) is 5.56 Å². The SMILES string of the molecule is Cc1nn(C)c(C)c1CNCCN(Cc1cncn1C)c1ccc(C#N)cc1. The molecule has 28 heavy (non-hydrogen) atoms. The van der Waals surface area contributed by atoms with Gasteiger partial charge in [0.05, 0.1) is 35.9 Å². The summed E-state index contributed by atoms with van der Waals surface area (Å²) in [6.07, 6.45) is 3.71. The second-order valence-corrected chi connectivity index (χ2v) is 7.03. The molecular formula is C21H27N7. The summed E-state index contributed by atoms with van der Waals surface area (Å²) in [4.78, 5) is 6.52. The monoisotopic (exact) mass is 377 g/mol. The van der Waals surface area contributed by atoms with E-state index in [2.05, 4.69) is 40.2 Å². The van der Waals surface area contributed by atoms with E-state index >= 15 is 0 Å². The van der Waals surface area contributed by atoms with E-state index in [9.17, 15) is 0 Å². The molecule has 3 aromatic rings. The Morgan fingerprint density at radius 2 is 1.93 bits per heavy atom. The number of aromatic nitrogens is 4. The lowest BCUT2D eigenvalue weighted by Gasteiger charge is -2.25. The average molecular weight is 377 g/mol. The Balaban J connectivity index is 1.66. The molecule has 0 aliphatic rings. The van der Waals surface area contributed by atoms with Crippen LogP contribution in [0.2, 0.25) is 0 Å². The van der Waals surface area contributed by atoms with Gasteiger partial charge in [-0.05, 0) is 38.1 Å². The first-order valence-electron chi connectivity index (χ1n) is 9.39. The molecule has 3 rings (SSSR count). The molecule has 0 aliphatic carbocycles. The smallest absolute Gasteiger partial charge is 0.0991 e. The number of nitrogens with zero attached hydrogens (tertiary/aromatic N) is 6. The van der Waals surface area contributed by atoms with Gasteiger partial charge in [0.1, 0.15) is 0 Å². The minimum absolute atomic E-state index is 0.671. The Kier molecular flexibility index (Phi) is 6.12. The molecule has 1 N–H and O–H groups in total. The second-order valence-electron chi connectivity index (χ2n) is 7.03. The zero-order valence-corrected chi connectivity index (χ0v) is 17.0. The highest BCUT2D eigenvalue weighted by Gasteiger charge is 2.12. The van der Waals surface area contributed by atoms with Crippen LogP contribution in [0.4, 0.5) is 5.69 Å². The maximum atomic E-state index is 9.05. The first-order valence-corrected chi connectivity index (χ1v) is 9.39. The number of aryl methyl sites for hydroxylation is 3. The predicted octanol–water partition coefficient (Wildman–Crippen LogP) is 2.44. The van der Waals surface area contributed by atoms with Crippen molar-refractivity contribution in [3.63, 3.8) is 0 Å². The van der Waals surface area contributed by atoms with Crippen LogP contribution in [0.15, 0.2) is 36.8 Å². The van der Waals surface area contributed by atoms with E-state index in [4.69, 9.17) is 5.26 Å². The van der Waals surface area contributed by atoms with E-state index in [-0.39, 0.29) is 0 Å². The van der Waals surface area contributed by atoms with E-state index in [1.807, 2.05) is 60.1 Å². The molecule has 0 unspecified atom stereocenters. The molecule has 146 valence electrons. The van der Waals surface area contributed by atoms with Gasteiger partial charge >= 0.3 is 0 Å². The lowest BCUT2D eigenvalue weighted by Crippen LogP contribution is -2.32. The molecule has 0 fully saturated rings. The zero-order valence-electron chi connectivity index (χ0n) is 17.0. The fourth-order valence-corrected chi connectivity index (χ4v) is 3.28. The van der Waals surface area contributed by atoms with Gasteiger partial charge < -0.3 is 14.8 Å². The van der Waals surface area contributed by atoms with E-state index in [1.54, 1.807) is 0 Å². The number of hydrogen-bond donors (Lipinski definition) is 1. The van der Waals surface area contributed by atoms with Crippen LogP contribution in [0.3, 0.4) is 0 Å². The first kappa shape index (κ1) is 19.6. The molecule has 0 atom stereocenters. The van der Waals surface area contributed by atoms with Crippen LogP contribution < -0.4 is 10.2 Å². The summed E-state index contributed by atoms with van der Waals surface area (Å²) >= 11 is 0. The number of benzene rings is 1. The van der Waals surface area contributed by atoms with E-state index in [1.165, 1.54) is 11.3 Å². The highest BCUT2D eigenvalue weighted by molar-refractivity contribution is 5.50. The van der Waals surface area contributed by atoms with Crippen molar-refractivity contribution in [2.45, 2.75) is 26.9 Å². The molecule has 0 aliphatic heterocycles. The molecule has 0 saturated carbocycles. The minimum atomic E-state index is 0.671. The number of hydrogen-bond acceptors (Lipinski definition) is 5. The number of rotatable bonds is 8. The third kappa shape index (κ3) is 4.41. The number of nitrogens with one attached hydrogen (secondary N) is 1. The Labute approximate surface area is 166 Å². The normalized spacial score (nSPS) is 10.8. The number of nitriles is 1. The average Bonchev–Trinajstić information content (AvgIpc) is 3.20. The van der Waals surface area contributed by atoms with Crippen LogP contribution >= 0.6 is 0 Å². The molecule has 2 heterocycles. The highest BCUT2D eigenvalue weighted by Crippen LogP contribution is 2.18.